The number of hydrogen-bond donors (Lipinski definition) is 10. The summed E-state index contributed by atoms with van der Waals surface area (Å²) in [6.45, 7) is 10.9. The van der Waals surface area contributed by atoms with Crippen molar-refractivity contribution in [1.29, 1.82) is 0 Å². The number of Topliss-reactive ketones (excluding diaryl/α,β-unsaturated/α-hetero) is 9. The van der Waals surface area contributed by atoms with Gasteiger partial charge in [-0.3, -0.25) is 42.6 Å². The molecule has 26 N–H and O–H groups in total. The number of ketones is 9. The monoisotopic (exact) mass is 2020 g/mol. The van der Waals surface area contributed by atoms with Gasteiger partial charge in [0.1, 0.15) is 88.8 Å². The van der Waals surface area contributed by atoms with Crippen molar-refractivity contribution in [3.05, 3.63) is 261 Å². The lowest BCUT2D eigenvalue weighted by atomic mass is 10.0. The SMILES string of the molecule is CC(=O)C(=O)Nc1ccc(C[C@H]([NH3+])C(=O)[O-])cc1.CC(=O)C(F)(F)c1ccc(C[C@H]([NH3+])C(=O)[O-])cc1.CC(=O)CCC(=O)c1ccc(C[C@H]([NH3+])C(=O)[O-])cc1.CC(=O)CCc1ccc(C[C@H]([NH3+])C(=O)[O-])cc1.CC(=O)CNc1ccc(C[C@H]([NH3+])C(=O)[O-])cc1.CC(=O)CS(=O)(=O)c1ccc(C[C@H]([NH3+])C(=O)[O-])cc1.CC(=O)CS(=O)c1ccc(C[C@H]([NH3+])C(=O)[O-])cc1.CC(=O)Cc1ccc(C[C@H]([NH3+])C(=O)[O-])cc1. The highest BCUT2D eigenvalue weighted by atomic mass is 32.2. The molecule has 1 unspecified atom stereocenters. The molecule has 8 aromatic carbocycles. The summed E-state index contributed by atoms with van der Waals surface area (Å²) >= 11 is 0. The van der Waals surface area contributed by atoms with E-state index in [1.54, 1.807) is 91.9 Å². The summed E-state index contributed by atoms with van der Waals surface area (Å²) in [5.74, 6) is -16.5. The van der Waals surface area contributed by atoms with Crippen molar-refractivity contribution in [3.8, 4) is 0 Å². The van der Waals surface area contributed by atoms with Crippen LogP contribution in [0.1, 0.15) is 146 Å². The van der Waals surface area contributed by atoms with Gasteiger partial charge >= 0.3 is 5.92 Å². The van der Waals surface area contributed by atoms with Crippen molar-refractivity contribution in [2.24, 2.45) is 0 Å². The summed E-state index contributed by atoms with van der Waals surface area (Å²) in [5.41, 5.74) is 37.3. The Balaban J connectivity index is 0.000000812. The lowest BCUT2D eigenvalue weighted by molar-refractivity contribution is -0.437. The number of aryl methyl sites for hydroxylation is 1. The molecule has 0 bridgehead atoms. The number of halogens is 2. The van der Waals surface area contributed by atoms with Gasteiger partial charge in [0.2, 0.25) is 11.6 Å². The van der Waals surface area contributed by atoms with E-state index in [0.717, 1.165) is 75.7 Å². The van der Waals surface area contributed by atoms with Crippen LogP contribution >= 0.6 is 0 Å². The van der Waals surface area contributed by atoms with Crippen molar-refractivity contribution >= 4 is 138 Å². The number of aliphatic carboxylic acids is 8. The van der Waals surface area contributed by atoms with Crippen LogP contribution < -0.4 is 97.4 Å². The van der Waals surface area contributed by atoms with Crippen LogP contribution in [0.3, 0.4) is 0 Å². The zero-order valence-corrected chi connectivity index (χ0v) is 81.6. The Morgan fingerprint density at radius 2 is 0.613 bits per heavy atom. The van der Waals surface area contributed by atoms with Crippen molar-refractivity contribution < 1.29 is 194 Å². The number of hydrogen-bond acceptors (Lipinski definition) is 30. The first-order chi connectivity index (χ1) is 66.1. The number of carboxylic acid groups (broad SMARTS) is 8. The van der Waals surface area contributed by atoms with Crippen LogP contribution in [0.25, 0.3) is 0 Å². The molecule has 0 aliphatic carbocycles. The van der Waals surface area contributed by atoms with E-state index in [9.17, 15) is 149 Å². The molecule has 0 heterocycles. The molecule has 0 saturated carbocycles. The molecule has 0 aliphatic heterocycles. The summed E-state index contributed by atoms with van der Waals surface area (Å²) in [6, 6.07) is 46.1. The number of carbonyl (C=O) groups excluding carboxylic acids is 18. The molecule has 0 aromatic heterocycles. The van der Waals surface area contributed by atoms with Crippen LogP contribution in [0.15, 0.2) is 204 Å². The third-order valence-corrected chi connectivity index (χ3v) is 23.0. The molecular weight excluding hydrogens is 1900 g/mol. The zero-order valence-electron chi connectivity index (χ0n) is 80.0. The number of carbonyl (C=O) groups is 18. The third kappa shape index (κ3) is 53.0. The average molecular weight is 2020 g/mol. The molecule has 768 valence electrons. The first-order valence-electron chi connectivity index (χ1n) is 43.7. The highest BCUT2D eigenvalue weighted by Crippen LogP contribution is 2.29. The number of amides is 1. The molecule has 8 aromatic rings. The summed E-state index contributed by atoms with van der Waals surface area (Å²) in [4.78, 5) is 194. The van der Waals surface area contributed by atoms with Crippen molar-refractivity contribution in [3.63, 3.8) is 0 Å². The Hall–Kier alpha value is -14.5. The number of carboxylic acids is 8. The number of nitrogens with one attached hydrogen (secondary N) is 2. The van der Waals surface area contributed by atoms with E-state index in [0.29, 0.717) is 59.4 Å². The van der Waals surface area contributed by atoms with E-state index in [2.05, 4.69) is 56.5 Å². The molecule has 142 heavy (non-hydrogen) atoms. The van der Waals surface area contributed by atoms with Gasteiger partial charge < -0.3 is 145 Å². The number of rotatable bonds is 46. The molecule has 9 atom stereocenters. The molecule has 39 nitrogen and oxygen atoms in total. The van der Waals surface area contributed by atoms with Gasteiger partial charge in [-0.25, -0.2) is 8.42 Å². The second-order valence-corrected chi connectivity index (χ2v) is 36.5. The fourth-order valence-electron chi connectivity index (χ4n) is 11.7. The highest BCUT2D eigenvalue weighted by Gasteiger charge is 2.37. The Kier molecular flexibility index (Phi) is 56.5. The fourth-order valence-corrected chi connectivity index (χ4v) is 13.9. The number of anilines is 2. The molecule has 8 rings (SSSR count). The normalized spacial score (nSPS) is 12.5. The lowest BCUT2D eigenvalue weighted by Gasteiger charge is -2.14. The van der Waals surface area contributed by atoms with Gasteiger partial charge in [0.15, 0.2) is 15.6 Å². The van der Waals surface area contributed by atoms with Crippen LogP contribution in [0, 0.1) is 0 Å². The quantitative estimate of drug-likeness (QED) is 0.0125. The maximum Gasteiger partial charge on any atom is 0.330 e. The van der Waals surface area contributed by atoms with E-state index >= 15 is 0 Å². The summed E-state index contributed by atoms with van der Waals surface area (Å²) in [7, 11) is -4.95. The van der Waals surface area contributed by atoms with Crippen LogP contribution in [0.4, 0.5) is 20.2 Å². The van der Waals surface area contributed by atoms with Gasteiger partial charge in [0, 0.05) is 118 Å². The van der Waals surface area contributed by atoms with E-state index in [1.165, 1.54) is 77.9 Å². The van der Waals surface area contributed by atoms with Crippen molar-refractivity contribution in [1.82, 2.24) is 0 Å². The van der Waals surface area contributed by atoms with Gasteiger partial charge in [-0.05, 0) is 152 Å². The Morgan fingerprint density at radius 3 is 0.894 bits per heavy atom. The maximum absolute atomic E-state index is 13.3. The number of alkyl halides is 2. The minimum atomic E-state index is -3.61. The smallest absolute Gasteiger partial charge is 0.330 e. The van der Waals surface area contributed by atoms with Gasteiger partial charge in [0.05, 0.1) is 75.7 Å². The maximum atomic E-state index is 13.3. The molecule has 0 radical (unpaired) electrons. The first-order valence-corrected chi connectivity index (χ1v) is 46.7. The van der Waals surface area contributed by atoms with Crippen LogP contribution in [-0.2, 0) is 172 Å². The largest absolute Gasteiger partial charge is 0.544 e. The number of benzene rings is 8. The second kappa shape index (κ2) is 63.9. The summed E-state index contributed by atoms with van der Waals surface area (Å²) in [6.07, 6.45) is 4.22. The molecule has 0 aliphatic rings. The minimum absolute atomic E-state index is 0.00362. The second-order valence-electron chi connectivity index (χ2n) is 33.0. The Labute approximate surface area is 820 Å². The number of sulfone groups is 1. The summed E-state index contributed by atoms with van der Waals surface area (Å²) in [5, 5.41) is 89.6. The fraction of sp³-hybridized carbons (Fsp3) is 0.333. The van der Waals surface area contributed by atoms with E-state index in [1.807, 2.05) is 60.7 Å². The van der Waals surface area contributed by atoms with Gasteiger partial charge in [-0.2, -0.15) is 8.78 Å². The van der Waals surface area contributed by atoms with Crippen molar-refractivity contribution in [2.45, 2.75) is 203 Å². The average Bonchev–Trinajstić information content (AvgIpc) is 0.799. The van der Waals surface area contributed by atoms with Crippen LogP contribution in [0.5, 0.6) is 0 Å². The molecule has 0 fully saturated rings. The van der Waals surface area contributed by atoms with Crippen LogP contribution in [-0.4, -0.2) is 185 Å². The van der Waals surface area contributed by atoms with Gasteiger partial charge in [0.25, 0.3) is 5.91 Å². The Bertz CT molecular complexity index is 5660. The topological polar surface area (TPSA) is 788 Å². The molecular formula is C99H122F2N10O29S2. The summed E-state index contributed by atoms with van der Waals surface area (Å²) < 4.78 is 61.8. The lowest BCUT2D eigenvalue weighted by Crippen LogP contribution is -2.69. The van der Waals surface area contributed by atoms with E-state index in [4.69, 9.17) is 0 Å². The van der Waals surface area contributed by atoms with Gasteiger partial charge in [-0.15, -0.1) is 0 Å². The molecule has 1 amide bonds. The highest BCUT2D eigenvalue weighted by molar-refractivity contribution is 7.92. The van der Waals surface area contributed by atoms with Gasteiger partial charge in [-0.1, -0.05) is 146 Å². The standard InChI is InChI=1S/C14H17NO4.C13H17NO3.C12H13F2NO3.C12H14N2O4.C12H16N2O3.C12H15NO5S.C12H15NO4S.C12H15NO3/c1-9(16)2-7-13(17)11-5-3-10(4-6-11)8-12(15)14(18)19;1-9(15)2-3-10-4-6-11(7-5-10)8-12(14)13(16)17;1-7(16)12(13,14)9-4-2-8(3-5-9)6-10(15)11(17)18;1-7(15)11(16)14-9-4-2-8(3-5-9)6-10(13)12(17)18;1-8(15)7-14-10-4-2-9(3-5-10)6-11(13)12(16)17;1-8(14)7-19(17,18)10-4-2-9(3-5-10)6-11(13)12(15)16;1-8(14)7-18(17)10-4-2-9(3-5-10)6-11(13)12(15)16;1-8(14)6-9-2-4-10(5-3-9)7-11(13)12(15)16/h3-6,12H,2,7-8,15H2,1H3,(H,18,19);4-7,12H,2-3,8,14H2,1H3,(H,16,17);2-5,10H,6,15H2,1H3,(H,17,18);2-5,10H,6,13H2,1H3,(H,14,16)(H,17,18);2-5,11,14H,6-7,13H2,1H3,(H,16,17);2-5,11H,6-7,13H2,1H3,(H,15,16);2-5,11H,6-7,13H2,1H3,(H,15,16);2-5,11H,6-7,13H2,1H3,(H,15,16)/t2*12-;2*10-;2*11-;11-,18?;11-/m00000000/s1. The zero-order chi connectivity index (χ0) is 108. The predicted octanol–water partition coefficient (Wildman–Crippen LogP) is -10.8. The number of quaternary nitrogens is 8. The third-order valence-electron chi connectivity index (χ3n) is 19.8. The molecule has 43 heteroatoms. The molecule has 0 saturated heterocycles. The van der Waals surface area contributed by atoms with Crippen molar-refractivity contribution in [2.75, 3.05) is 28.7 Å². The predicted molar refractivity (Wildman–Crippen MR) is 490 cm³/mol. The van der Waals surface area contributed by atoms with E-state index in [-0.39, 0.29) is 96.8 Å². The molecule has 0 spiro atoms. The van der Waals surface area contributed by atoms with Crippen LogP contribution in [0.2, 0.25) is 0 Å². The van der Waals surface area contributed by atoms with E-state index < -0.39 is 157 Å². The Morgan fingerprint density at radius 1 is 0.331 bits per heavy atom. The minimum Gasteiger partial charge on any atom is -0.544 e. The first kappa shape index (κ1) is 125.